The summed E-state index contributed by atoms with van der Waals surface area (Å²) < 4.78 is 0. The predicted molar refractivity (Wildman–Crippen MR) is 43.8 cm³/mol. The van der Waals surface area contributed by atoms with E-state index in [0.29, 0.717) is 11.3 Å². The van der Waals surface area contributed by atoms with Crippen LogP contribution in [-0.4, -0.2) is 31.6 Å². The average molecular weight is 142 g/mol. The van der Waals surface area contributed by atoms with E-state index >= 15 is 0 Å². The van der Waals surface area contributed by atoms with Crippen molar-refractivity contribution >= 4 is 0 Å². The van der Waals surface area contributed by atoms with Crippen molar-refractivity contribution in [2.75, 3.05) is 26.7 Å². The van der Waals surface area contributed by atoms with Crippen LogP contribution in [0.25, 0.3) is 0 Å². The largest absolute Gasteiger partial charge is 0.330 e. The third-order valence-corrected chi connectivity index (χ3v) is 2.60. The molecule has 1 aliphatic rings. The van der Waals surface area contributed by atoms with E-state index in [9.17, 15) is 0 Å². The van der Waals surface area contributed by atoms with Crippen molar-refractivity contribution in [1.29, 1.82) is 0 Å². The molecule has 0 spiro atoms. The van der Waals surface area contributed by atoms with Gasteiger partial charge in [0.05, 0.1) is 0 Å². The van der Waals surface area contributed by atoms with Crippen LogP contribution in [-0.2, 0) is 0 Å². The van der Waals surface area contributed by atoms with Gasteiger partial charge in [0.15, 0.2) is 0 Å². The monoisotopic (exact) mass is 142 g/mol. The Bertz CT molecular complexity index is 120. The second-order valence-electron chi connectivity index (χ2n) is 4.12. The van der Waals surface area contributed by atoms with Crippen LogP contribution in [0.2, 0.25) is 0 Å². The van der Waals surface area contributed by atoms with E-state index in [-0.39, 0.29) is 0 Å². The lowest BCUT2D eigenvalue weighted by atomic mass is 9.82. The lowest BCUT2D eigenvalue weighted by Gasteiger charge is -2.23. The molecule has 1 fully saturated rings. The lowest BCUT2D eigenvalue weighted by Crippen LogP contribution is -2.28. The minimum Gasteiger partial charge on any atom is -0.330 e. The fraction of sp³-hybridized carbons (Fsp3) is 1.00. The van der Waals surface area contributed by atoms with Crippen molar-refractivity contribution in [3.8, 4) is 0 Å². The van der Waals surface area contributed by atoms with Crippen molar-refractivity contribution in [1.82, 2.24) is 4.90 Å². The van der Waals surface area contributed by atoms with E-state index in [1.54, 1.807) is 0 Å². The number of rotatable bonds is 1. The molecule has 1 atom stereocenters. The van der Waals surface area contributed by atoms with Gasteiger partial charge in [-0.1, -0.05) is 13.8 Å². The summed E-state index contributed by atoms with van der Waals surface area (Å²) in [6, 6.07) is 0. The highest BCUT2D eigenvalue weighted by atomic mass is 15.1. The Labute approximate surface area is 63.4 Å². The van der Waals surface area contributed by atoms with E-state index in [1.807, 2.05) is 0 Å². The molecule has 2 nitrogen and oxygen atoms in total. The maximum Gasteiger partial charge on any atom is 0.00334 e. The highest BCUT2D eigenvalue weighted by Gasteiger charge is 2.36. The van der Waals surface area contributed by atoms with Crippen LogP contribution in [0.5, 0.6) is 0 Å². The molecule has 2 heteroatoms. The Morgan fingerprint density at radius 3 is 2.40 bits per heavy atom. The molecule has 1 unspecified atom stereocenters. The zero-order valence-electron chi connectivity index (χ0n) is 7.22. The molecule has 0 aromatic rings. The first-order chi connectivity index (χ1) is 4.56. The second-order valence-corrected chi connectivity index (χ2v) is 4.12. The van der Waals surface area contributed by atoms with Gasteiger partial charge in [-0.15, -0.1) is 0 Å². The smallest absolute Gasteiger partial charge is 0.00334 e. The number of nitrogens with zero attached hydrogens (tertiary/aromatic N) is 1. The zero-order valence-corrected chi connectivity index (χ0v) is 7.22. The normalized spacial score (nSPS) is 33.0. The molecule has 1 aliphatic heterocycles. The predicted octanol–water partition coefficient (Wildman–Crippen LogP) is 0.533. The quantitative estimate of drug-likeness (QED) is 0.579. The van der Waals surface area contributed by atoms with Crippen LogP contribution < -0.4 is 5.73 Å². The SMILES string of the molecule is CN1CC(CN)C(C)(C)C1. The number of hydrogen-bond acceptors (Lipinski definition) is 2. The third kappa shape index (κ3) is 1.32. The lowest BCUT2D eigenvalue weighted by molar-refractivity contribution is 0.287. The van der Waals surface area contributed by atoms with Gasteiger partial charge in [0.25, 0.3) is 0 Å². The summed E-state index contributed by atoms with van der Waals surface area (Å²) in [7, 11) is 2.16. The Kier molecular flexibility index (Phi) is 2.02. The van der Waals surface area contributed by atoms with Crippen molar-refractivity contribution in [3.05, 3.63) is 0 Å². The number of nitrogens with two attached hydrogens (primary N) is 1. The number of likely N-dealkylation sites (tertiary alicyclic amines) is 1. The van der Waals surface area contributed by atoms with Gasteiger partial charge in [0.2, 0.25) is 0 Å². The van der Waals surface area contributed by atoms with Crippen LogP contribution in [0, 0.1) is 11.3 Å². The van der Waals surface area contributed by atoms with E-state index < -0.39 is 0 Å². The first-order valence-corrected chi connectivity index (χ1v) is 3.95. The summed E-state index contributed by atoms with van der Waals surface area (Å²) in [4.78, 5) is 2.36. The Balaban J connectivity index is 2.58. The number of hydrogen-bond donors (Lipinski definition) is 1. The summed E-state index contributed by atoms with van der Waals surface area (Å²) in [5, 5.41) is 0. The molecule has 0 aromatic carbocycles. The fourth-order valence-corrected chi connectivity index (χ4v) is 1.91. The molecular formula is C8H18N2. The topological polar surface area (TPSA) is 29.3 Å². The Morgan fingerprint density at radius 2 is 2.20 bits per heavy atom. The Hall–Kier alpha value is -0.0800. The summed E-state index contributed by atoms with van der Waals surface area (Å²) >= 11 is 0. The summed E-state index contributed by atoms with van der Waals surface area (Å²) in [6.45, 7) is 7.79. The first kappa shape index (κ1) is 8.02. The van der Waals surface area contributed by atoms with Gasteiger partial charge in [-0.25, -0.2) is 0 Å². The first-order valence-electron chi connectivity index (χ1n) is 3.95. The highest BCUT2D eigenvalue weighted by molar-refractivity contribution is 4.89. The molecule has 2 N–H and O–H groups in total. The summed E-state index contributed by atoms with van der Waals surface area (Å²) in [6.07, 6.45) is 0. The zero-order chi connectivity index (χ0) is 7.78. The van der Waals surface area contributed by atoms with Gasteiger partial charge in [-0.2, -0.15) is 0 Å². The van der Waals surface area contributed by atoms with Crippen LogP contribution >= 0.6 is 0 Å². The molecule has 10 heavy (non-hydrogen) atoms. The van der Waals surface area contributed by atoms with Crippen molar-refractivity contribution in [2.24, 2.45) is 17.1 Å². The van der Waals surface area contributed by atoms with E-state index in [2.05, 4.69) is 25.8 Å². The fourth-order valence-electron chi connectivity index (χ4n) is 1.91. The van der Waals surface area contributed by atoms with Gasteiger partial charge >= 0.3 is 0 Å². The molecule has 1 saturated heterocycles. The van der Waals surface area contributed by atoms with Gasteiger partial charge in [-0.05, 0) is 24.9 Å². The molecule has 0 amide bonds. The minimum atomic E-state index is 0.434. The van der Waals surface area contributed by atoms with Crippen molar-refractivity contribution in [3.63, 3.8) is 0 Å². The maximum absolute atomic E-state index is 5.64. The second kappa shape index (κ2) is 2.51. The molecular weight excluding hydrogens is 124 g/mol. The van der Waals surface area contributed by atoms with Crippen LogP contribution in [0.15, 0.2) is 0 Å². The van der Waals surface area contributed by atoms with Crippen LogP contribution in [0.1, 0.15) is 13.8 Å². The van der Waals surface area contributed by atoms with Gasteiger partial charge in [-0.3, -0.25) is 0 Å². The van der Waals surface area contributed by atoms with Gasteiger partial charge in [0, 0.05) is 13.1 Å². The molecule has 0 saturated carbocycles. The van der Waals surface area contributed by atoms with Crippen molar-refractivity contribution < 1.29 is 0 Å². The molecule has 1 heterocycles. The summed E-state index contributed by atoms with van der Waals surface area (Å²) in [5.41, 5.74) is 6.08. The van der Waals surface area contributed by atoms with E-state index in [4.69, 9.17) is 5.73 Å². The molecule has 1 rings (SSSR count). The van der Waals surface area contributed by atoms with Crippen LogP contribution in [0.4, 0.5) is 0 Å². The maximum atomic E-state index is 5.64. The molecule has 0 bridgehead atoms. The van der Waals surface area contributed by atoms with Crippen molar-refractivity contribution in [2.45, 2.75) is 13.8 Å². The molecule has 0 radical (unpaired) electrons. The van der Waals surface area contributed by atoms with Crippen LogP contribution in [0.3, 0.4) is 0 Å². The third-order valence-electron chi connectivity index (χ3n) is 2.60. The molecule has 60 valence electrons. The Morgan fingerprint density at radius 1 is 1.60 bits per heavy atom. The summed E-state index contributed by atoms with van der Waals surface area (Å²) in [5.74, 6) is 0.692. The minimum absolute atomic E-state index is 0.434. The average Bonchev–Trinajstić information content (AvgIpc) is 2.04. The standard InChI is InChI=1S/C8H18N2/c1-8(2)6-10(3)5-7(8)4-9/h7H,4-6,9H2,1-3H3. The highest BCUT2D eigenvalue weighted by Crippen LogP contribution is 2.33. The molecule has 0 aromatic heterocycles. The van der Waals surface area contributed by atoms with E-state index in [0.717, 1.165) is 6.54 Å². The molecule has 0 aliphatic carbocycles. The van der Waals surface area contributed by atoms with E-state index in [1.165, 1.54) is 13.1 Å². The van der Waals surface area contributed by atoms with Gasteiger partial charge in [0.1, 0.15) is 0 Å². The van der Waals surface area contributed by atoms with Gasteiger partial charge < -0.3 is 10.6 Å².